The number of nitrogens with zero attached hydrogens (tertiary/aromatic N) is 1. The fraction of sp³-hybridized carbons (Fsp3) is 0.857. The maximum absolute atomic E-state index is 11.2. The molecule has 0 aromatic heterocycles. The quantitative estimate of drug-likeness (QED) is 0.521. The number of hydrogen-bond donors (Lipinski definition) is 2. The van der Waals surface area contributed by atoms with E-state index in [4.69, 9.17) is 5.73 Å². The monoisotopic (exact) mass is 156 g/mol. The van der Waals surface area contributed by atoms with Crippen molar-refractivity contribution < 1.29 is 4.79 Å². The summed E-state index contributed by atoms with van der Waals surface area (Å²) in [6, 6.07) is -0.132. The van der Waals surface area contributed by atoms with Crippen LogP contribution >= 0.6 is 0 Å². The van der Waals surface area contributed by atoms with Gasteiger partial charge in [-0.25, -0.2) is 5.32 Å². The highest BCUT2D eigenvalue weighted by Gasteiger charge is 2.19. The van der Waals surface area contributed by atoms with Gasteiger partial charge in [-0.2, -0.15) is 0 Å². The van der Waals surface area contributed by atoms with Crippen LogP contribution in [0.25, 0.3) is 0 Å². The summed E-state index contributed by atoms with van der Waals surface area (Å²) in [7, 11) is 0. The summed E-state index contributed by atoms with van der Waals surface area (Å²) in [4.78, 5) is 11.2. The second-order valence-electron chi connectivity index (χ2n) is 2.63. The zero-order chi connectivity index (χ0) is 8.10. The van der Waals surface area contributed by atoms with E-state index in [0.29, 0.717) is 19.5 Å². The summed E-state index contributed by atoms with van der Waals surface area (Å²) >= 11 is 0. The minimum atomic E-state index is -0.132. The van der Waals surface area contributed by atoms with Crippen molar-refractivity contribution in [3.05, 3.63) is 0 Å². The number of piperazine rings is 1. The molecule has 1 unspecified atom stereocenters. The molecule has 0 bridgehead atoms. The predicted molar refractivity (Wildman–Crippen MR) is 42.3 cm³/mol. The smallest absolute Gasteiger partial charge is 0.153 e. The molecule has 1 aliphatic rings. The number of ketones is 1. The third kappa shape index (κ3) is 2.57. The van der Waals surface area contributed by atoms with E-state index in [1.807, 2.05) is 0 Å². The average molecular weight is 156 g/mol. The summed E-state index contributed by atoms with van der Waals surface area (Å²) in [5.74, 6) is 0.166. The van der Waals surface area contributed by atoms with Crippen molar-refractivity contribution in [2.24, 2.45) is 5.73 Å². The molecule has 4 heteroatoms. The van der Waals surface area contributed by atoms with E-state index in [9.17, 15) is 4.79 Å². The van der Waals surface area contributed by atoms with Crippen LogP contribution in [0.15, 0.2) is 0 Å². The van der Waals surface area contributed by atoms with Crippen molar-refractivity contribution >= 4 is 5.78 Å². The first-order valence-electron chi connectivity index (χ1n) is 3.94. The second-order valence-corrected chi connectivity index (χ2v) is 2.63. The molecule has 0 amide bonds. The Morgan fingerprint density at radius 1 is 1.73 bits per heavy atom. The third-order valence-electron chi connectivity index (χ3n) is 1.74. The highest BCUT2D eigenvalue weighted by Crippen LogP contribution is 1.94. The van der Waals surface area contributed by atoms with Crippen LogP contribution in [0.3, 0.4) is 0 Å². The molecule has 0 aromatic rings. The van der Waals surface area contributed by atoms with Gasteiger partial charge in [0.05, 0.1) is 6.04 Å². The van der Waals surface area contributed by atoms with Gasteiger partial charge < -0.3 is 11.1 Å². The summed E-state index contributed by atoms with van der Waals surface area (Å²) in [6.07, 6.45) is 0.454. The fourth-order valence-corrected chi connectivity index (χ4v) is 1.13. The Kier molecular flexibility index (Phi) is 3.48. The van der Waals surface area contributed by atoms with Crippen molar-refractivity contribution in [2.75, 3.05) is 26.2 Å². The van der Waals surface area contributed by atoms with Crippen LogP contribution < -0.4 is 16.4 Å². The van der Waals surface area contributed by atoms with Crippen molar-refractivity contribution in [1.29, 1.82) is 0 Å². The lowest BCUT2D eigenvalue weighted by atomic mass is 10.1. The Hall–Kier alpha value is -0.450. The van der Waals surface area contributed by atoms with Crippen LogP contribution in [-0.4, -0.2) is 38.0 Å². The maximum Gasteiger partial charge on any atom is 0.153 e. The van der Waals surface area contributed by atoms with E-state index in [2.05, 4.69) is 10.6 Å². The number of carbonyl (C=O) groups excluding carboxylic acids is 1. The van der Waals surface area contributed by atoms with Crippen LogP contribution in [0, 0.1) is 0 Å². The number of nitrogens with one attached hydrogen (secondary N) is 1. The van der Waals surface area contributed by atoms with Crippen LogP contribution in [0.5, 0.6) is 0 Å². The molecule has 1 aliphatic heterocycles. The van der Waals surface area contributed by atoms with Crippen molar-refractivity contribution in [1.82, 2.24) is 10.6 Å². The normalized spacial score (nSPS) is 25.0. The Morgan fingerprint density at radius 3 is 3.09 bits per heavy atom. The van der Waals surface area contributed by atoms with Gasteiger partial charge in [0, 0.05) is 26.1 Å². The fourth-order valence-electron chi connectivity index (χ4n) is 1.13. The molecule has 0 aromatic carbocycles. The average Bonchev–Trinajstić information content (AvgIpc) is 2.07. The lowest BCUT2D eigenvalue weighted by Gasteiger charge is -2.21. The van der Waals surface area contributed by atoms with Crippen LogP contribution in [0.1, 0.15) is 6.42 Å². The second kappa shape index (κ2) is 4.43. The lowest BCUT2D eigenvalue weighted by molar-refractivity contribution is -0.121. The first-order valence-corrected chi connectivity index (χ1v) is 3.94. The highest BCUT2D eigenvalue weighted by molar-refractivity contribution is 5.84. The van der Waals surface area contributed by atoms with Crippen LogP contribution in [0.2, 0.25) is 0 Å². The molecule has 1 radical (unpaired) electrons. The minimum absolute atomic E-state index is 0.132. The van der Waals surface area contributed by atoms with Gasteiger partial charge in [-0.3, -0.25) is 4.79 Å². The van der Waals surface area contributed by atoms with Crippen molar-refractivity contribution in [3.8, 4) is 0 Å². The highest BCUT2D eigenvalue weighted by atomic mass is 16.1. The molecule has 1 atom stereocenters. The largest absolute Gasteiger partial charge is 0.330 e. The number of rotatable bonds is 3. The van der Waals surface area contributed by atoms with E-state index >= 15 is 0 Å². The number of hydrogen-bond acceptors (Lipinski definition) is 3. The Bertz CT molecular complexity index is 132. The van der Waals surface area contributed by atoms with E-state index in [1.165, 1.54) is 0 Å². The molecule has 0 saturated carbocycles. The SMILES string of the molecule is NCCC(=O)C1CNCC[N]1. The predicted octanol–water partition coefficient (Wildman–Crippen LogP) is -1.52. The van der Waals surface area contributed by atoms with Crippen molar-refractivity contribution in [3.63, 3.8) is 0 Å². The third-order valence-corrected chi connectivity index (χ3v) is 1.74. The number of Topliss-reactive ketones (excluding diaryl/α,β-unsaturated/α-hetero) is 1. The van der Waals surface area contributed by atoms with E-state index in [1.54, 1.807) is 0 Å². The summed E-state index contributed by atoms with van der Waals surface area (Å²) < 4.78 is 0. The van der Waals surface area contributed by atoms with Gasteiger partial charge >= 0.3 is 0 Å². The molecule has 1 heterocycles. The molecule has 11 heavy (non-hydrogen) atoms. The van der Waals surface area contributed by atoms with Gasteiger partial charge in [-0.05, 0) is 6.54 Å². The Balaban J connectivity index is 2.27. The zero-order valence-corrected chi connectivity index (χ0v) is 6.55. The summed E-state index contributed by atoms with van der Waals surface area (Å²) in [6.45, 7) is 2.77. The zero-order valence-electron chi connectivity index (χ0n) is 6.55. The first kappa shape index (κ1) is 8.64. The molecular formula is C7H14N3O. The molecule has 1 saturated heterocycles. The van der Waals surface area contributed by atoms with Gasteiger partial charge in [0.25, 0.3) is 0 Å². The van der Waals surface area contributed by atoms with Gasteiger partial charge in [-0.1, -0.05) is 0 Å². The molecule has 0 spiro atoms. The molecule has 63 valence electrons. The Labute approximate surface area is 66.5 Å². The Morgan fingerprint density at radius 2 is 2.55 bits per heavy atom. The topological polar surface area (TPSA) is 69.2 Å². The molecule has 0 aliphatic carbocycles. The maximum atomic E-state index is 11.2. The lowest BCUT2D eigenvalue weighted by Crippen LogP contribution is -2.48. The van der Waals surface area contributed by atoms with E-state index < -0.39 is 0 Å². The summed E-state index contributed by atoms with van der Waals surface area (Å²) in [5, 5.41) is 7.30. The molecule has 3 N–H and O–H groups in total. The molecule has 1 fully saturated rings. The van der Waals surface area contributed by atoms with Crippen LogP contribution in [0.4, 0.5) is 0 Å². The van der Waals surface area contributed by atoms with Gasteiger partial charge in [-0.15, -0.1) is 0 Å². The minimum Gasteiger partial charge on any atom is -0.330 e. The molecule has 1 rings (SSSR count). The first-order chi connectivity index (χ1) is 5.34. The van der Waals surface area contributed by atoms with Gasteiger partial charge in [0.2, 0.25) is 0 Å². The van der Waals surface area contributed by atoms with Crippen LogP contribution in [-0.2, 0) is 4.79 Å². The summed E-state index contributed by atoms with van der Waals surface area (Å²) in [5.41, 5.74) is 5.25. The standard InChI is InChI=1S/C7H14N3O/c8-2-1-7(11)6-5-9-3-4-10-6/h6,9H,1-5,8H2. The van der Waals surface area contributed by atoms with Gasteiger partial charge in [0.1, 0.15) is 0 Å². The van der Waals surface area contributed by atoms with Crippen molar-refractivity contribution in [2.45, 2.75) is 12.5 Å². The number of nitrogens with two attached hydrogens (primary N) is 1. The number of carbonyl (C=O) groups is 1. The van der Waals surface area contributed by atoms with Gasteiger partial charge in [0.15, 0.2) is 5.78 Å². The van der Waals surface area contributed by atoms with E-state index in [-0.39, 0.29) is 11.8 Å². The van der Waals surface area contributed by atoms with E-state index in [0.717, 1.165) is 13.1 Å². The molecule has 4 nitrogen and oxygen atoms in total. The molecular weight excluding hydrogens is 142 g/mol.